The molecular formula is C12H15ClO3S. The number of hydrogen-bond acceptors (Lipinski definition) is 3. The molecule has 0 heterocycles. The van der Waals surface area contributed by atoms with E-state index in [1.807, 2.05) is 6.08 Å². The van der Waals surface area contributed by atoms with Gasteiger partial charge in [-0.15, -0.1) is 6.58 Å². The standard InChI is InChI=1S/C12H15ClO3S/c1-3-4-5-8-16-11-6-7-12(10(2)9-11)17(13,14)15/h3,6-7,9H,1,4-5,8H2,2H3. The number of halogens is 1. The SMILES string of the molecule is C=CCCCOc1ccc(S(=O)(=O)Cl)c(C)c1. The molecule has 0 aromatic heterocycles. The molecule has 1 aromatic rings. The second kappa shape index (κ2) is 6.07. The molecule has 0 amide bonds. The van der Waals surface area contributed by atoms with E-state index in [9.17, 15) is 8.42 Å². The highest BCUT2D eigenvalue weighted by molar-refractivity contribution is 8.13. The van der Waals surface area contributed by atoms with Crippen LogP contribution in [0.1, 0.15) is 18.4 Å². The monoisotopic (exact) mass is 274 g/mol. The number of allylic oxidation sites excluding steroid dienone is 1. The van der Waals surface area contributed by atoms with Crippen molar-refractivity contribution in [1.82, 2.24) is 0 Å². The average molecular weight is 275 g/mol. The molecule has 94 valence electrons. The summed E-state index contributed by atoms with van der Waals surface area (Å²) in [5.41, 5.74) is 0.584. The largest absolute Gasteiger partial charge is 0.494 e. The molecule has 0 bridgehead atoms. The maximum atomic E-state index is 11.2. The van der Waals surface area contributed by atoms with Crippen molar-refractivity contribution in [2.75, 3.05) is 6.61 Å². The Bertz CT molecular complexity index is 494. The zero-order valence-corrected chi connectivity index (χ0v) is 11.2. The summed E-state index contributed by atoms with van der Waals surface area (Å²) in [5, 5.41) is 0. The Morgan fingerprint density at radius 1 is 1.47 bits per heavy atom. The zero-order valence-electron chi connectivity index (χ0n) is 9.65. The Kier molecular flexibility index (Phi) is 5.02. The average Bonchev–Trinajstić information content (AvgIpc) is 2.23. The Morgan fingerprint density at radius 3 is 2.71 bits per heavy atom. The lowest BCUT2D eigenvalue weighted by molar-refractivity contribution is 0.311. The first-order valence-electron chi connectivity index (χ1n) is 5.24. The molecule has 0 aliphatic rings. The van der Waals surface area contributed by atoms with Gasteiger partial charge in [-0.05, 0) is 43.5 Å². The molecule has 0 spiro atoms. The van der Waals surface area contributed by atoms with E-state index in [0.717, 1.165) is 12.8 Å². The minimum absolute atomic E-state index is 0.123. The molecule has 0 N–H and O–H groups in total. The Morgan fingerprint density at radius 2 is 2.18 bits per heavy atom. The molecular weight excluding hydrogens is 260 g/mol. The van der Waals surface area contributed by atoms with Crippen molar-refractivity contribution in [2.24, 2.45) is 0 Å². The van der Waals surface area contributed by atoms with Crippen LogP contribution >= 0.6 is 10.7 Å². The Hall–Kier alpha value is -1.00. The maximum absolute atomic E-state index is 11.2. The van der Waals surface area contributed by atoms with Gasteiger partial charge in [0, 0.05) is 10.7 Å². The number of benzene rings is 1. The first kappa shape index (κ1) is 14.1. The quantitative estimate of drug-likeness (QED) is 0.454. The molecule has 0 atom stereocenters. The fourth-order valence-electron chi connectivity index (χ4n) is 1.40. The molecule has 0 aliphatic heterocycles. The van der Waals surface area contributed by atoms with E-state index in [1.165, 1.54) is 6.07 Å². The molecule has 0 radical (unpaired) electrons. The van der Waals surface area contributed by atoms with Crippen LogP contribution in [0.3, 0.4) is 0 Å². The summed E-state index contributed by atoms with van der Waals surface area (Å²) >= 11 is 0. The summed E-state index contributed by atoms with van der Waals surface area (Å²) in [5.74, 6) is 0.649. The predicted molar refractivity (Wildman–Crippen MR) is 69.1 cm³/mol. The van der Waals surface area contributed by atoms with Crippen LogP contribution in [-0.2, 0) is 9.05 Å². The summed E-state index contributed by atoms with van der Waals surface area (Å²) in [4.78, 5) is 0.123. The van der Waals surface area contributed by atoms with E-state index in [4.69, 9.17) is 15.4 Å². The van der Waals surface area contributed by atoms with E-state index in [0.29, 0.717) is 17.9 Å². The number of hydrogen-bond donors (Lipinski definition) is 0. The highest BCUT2D eigenvalue weighted by atomic mass is 35.7. The molecule has 0 saturated carbocycles. The third kappa shape index (κ3) is 4.40. The van der Waals surface area contributed by atoms with Crippen molar-refractivity contribution in [3.8, 4) is 5.75 Å². The summed E-state index contributed by atoms with van der Waals surface area (Å²) in [6.07, 6.45) is 3.61. The van der Waals surface area contributed by atoms with E-state index in [1.54, 1.807) is 19.1 Å². The zero-order chi connectivity index (χ0) is 12.9. The van der Waals surface area contributed by atoms with Crippen molar-refractivity contribution in [3.05, 3.63) is 36.4 Å². The van der Waals surface area contributed by atoms with E-state index < -0.39 is 9.05 Å². The fraction of sp³-hybridized carbons (Fsp3) is 0.333. The van der Waals surface area contributed by atoms with Crippen LogP contribution in [0.15, 0.2) is 35.7 Å². The first-order chi connectivity index (χ1) is 7.95. The number of ether oxygens (including phenoxy) is 1. The van der Waals surface area contributed by atoms with Gasteiger partial charge in [-0.2, -0.15) is 0 Å². The summed E-state index contributed by atoms with van der Waals surface area (Å²) in [6.45, 7) is 5.89. The van der Waals surface area contributed by atoms with Gasteiger partial charge in [0.1, 0.15) is 5.75 Å². The van der Waals surface area contributed by atoms with Crippen LogP contribution in [-0.4, -0.2) is 15.0 Å². The topological polar surface area (TPSA) is 43.4 Å². The van der Waals surface area contributed by atoms with Crippen molar-refractivity contribution >= 4 is 19.7 Å². The summed E-state index contributed by atoms with van der Waals surface area (Å²) in [7, 11) is 1.61. The molecule has 0 saturated heterocycles. The Balaban J connectivity index is 2.73. The molecule has 5 heteroatoms. The van der Waals surface area contributed by atoms with Gasteiger partial charge in [0.15, 0.2) is 0 Å². The van der Waals surface area contributed by atoms with Gasteiger partial charge < -0.3 is 4.74 Å². The van der Waals surface area contributed by atoms with Crippen LogP contribution in [0, 0.1) is 6.92 Å². The second-order valence-corrected chi connectivity index (χ2v) is 6.18. The summed E-state index contributed by atoms with van der Waals surface area (Å²) < 4.78 is 27.8. The van der Waals surface area contributed by atoms with E-state index in [-0.39, 0.29) is 4.90 Å². The Labute approximate surface area is 106 Å². The van der Waals surface area contributed by atoms with Crippen LogP contribution in [0.4, 0.5) is 0 Å². The van der Waals surface area contributed by atoms with Crippen molar-refractivity contribution < 1.29 is 13.2 Å². The lowest BCUT2D eigenvalue weighted by atomic mass is 10.2. The van der Waals surface area contributed by atoms with Crippen LogP contribution < -0.4 is 4.74 Å². The van der Waals surface area contributed by atoms with Gasteiger partial charge >= 0.3 is 0 Å². The molecule has 3 nitrogen and oxygen atoms in total. The second-order valence-electron chi connectivity index (χ2n) is 3.64. The number of unbranched alkanes of at least 4 members (excludes halogenated alkanes) is 1. The van der Waals surface area contributed by atoms with Crippen molar-refractivity contribution in [3.63, 3.8) is 0 Å². The van der Waals surface area contributed by atoms with Gasteiger partial charge in [-0.3, -0.25) is 0 Å². The fourth-order valence-corrected chi connectivity index (χ4v) is 2.60. The van der Waals surface area contributed by atoms with Gasteiger partial charge in [-0.1, -0.05) is 6.08 Å². The normalized spacial score (nSPS) is 11.2. The first-order valence-corrected chi connectivity index (χ1v) is 7.55. The lowest BCUT2D eigenvalue weighted by Gasteiger charge is -2.08. The highest BCUT2D eigenvalue weighted by Crippen LogP contribution is 2.23. The molecule has 1 rings (SSSR count). The van der Waals surface area contributed by atoms with E-state index in [2.05, 4.69) is 6.58 Å². The van der Waals surface area contributed by atoms with Gasteiger partial charge in [0.25, 0.3) is 9.05 Å². The van der Waals surface area contributed by atoms with Crippen molar-refractivity contribution in [2.45, 2.75) is 24.7 Å². The van der Waals surface area contributed by atoms with Gasteiger partial charge in [-0.25, -0.2) is 8.42 Å². The third-order valence-corrected chi connectivity index (χ3v) is 3.71. The smallest absolute Gasteiger partial charge is 0.261 e. The maximum Gasteiger partial charge on any atom is 0.261 e. The predicted octanol–water partition coefficient (Wildman–Crippen LogP) is 3.27. The minimum Gasteiger partial charge on any atom is -0.494 e. The van der Waals surface area contributed by atoms with Crippen LogP contribution in [0.5, 0.6) is 5.75 Å². The third-order valence-electron chi connectivity index (χ3n) is 2.23. The molecule has 0 fully saturated rings. The van der Waals surface area contributed by atoms with Crippen LogP contribution in [0.25, 0.3) is 0 Å². The number of rotatable bonds is 6. The molecule has 0 aliphatic carbocycles. The lowest BCUT2D eigenvalue weighted by Crippen LogP contribution is -1.99. The van der Waals surface area contributed by atoms with E-state index >= 15 is 0 Å². The van der Waals surface area contributed by atoms with Crippen molar-refractivity contribution in [1.29, 1.82) is 0 Å². The molecule has 0 unspecified atom stereocenters. The number of aryl methyl sites for hydroxylation is 1. The molecule has 17 heavy (non-hydrogen) atoms. The highest BCUT2D eigenvalue weighted by Gasteiger charge is 2.13. The van der Waals surface area contributed by atoms with Gasteiger partial charge in [0.2, 0.25) is 0 Å². The molecule has 1 aromatic carbocycles. The van der Waals surface area contributed by atoms with Crippen LogP contribution in [0.2, 0.25) is 0 Å². The van der Waals surface area contributed by atoms with Gasteiger partial charge in [0.05, 0.1) is 11.5 Å². The minimum atomic E-state index is -3.68. The summed E-state index contributed by atoms with van der Waals surface area (Å²) in [6, 6.07) is 4.74.